The van der Waals surface area contributed by atoms with E-state index in [9.17, 15) is 4.79 Å². The van der Waals surface area contributed by atoms with Crippen LogP contribution in [0.3, 0.4) is 0 Å². The Labute approximate surface area is 108 Å². The summed E-state index contributed by atoms with van der Waals surface area (Å²) in [6.45, 7) is 3.65. The monoisotopic (exact) mass is 245 g/mol. The highest BCUT2D eigenvalue weighted by Gasteiger charge is 2.09. The molecule has 0 bridgehead atoms. The molecule has 0 aliphatic carbocycles. The molecule has 0 aromatic heterocycles. The summed E-state index contributed by atoms with van der Waals surface area (Å²) in [7, 11) is 3.36. The first-order valence-electron chi connectivity index (χ1n) is 5.81. The van der Waals surface area contributed by atoms with Gasteiger partial charge in [-0.3, -0.25) is 0 Å². The zero-order valence-electron chi connectivity index (χ0n) is 11.3. The van der Waals surface area contributed by atoms with Crippen LogP contribution in [0, 0.1) is 0 Å². The van der Waals surface area contributed by atoms with E-state index in [0.717, 1.165) is 11.1 Å². The van der Waals surface area contributed by atoms with Crippen LogP contribution < -0.4 is 0 Å². The predicted octanol–water partition coefficient (Wildman–Crippen LogP) is 3.06. The molecule has 0 amide bonds. The van der Waals surface area contributed by atoms with Crippen molar-refractivity contribution in [2.24, 2.45) is 0 Å². The zero-order chi connectivity index (χ0) is 13.5. The van der Waals surface area contributed by atoms with Crippen LogP contribution in [-0.4, -0.2) is 25.1 Å². The topological polar surface area (TPSA) is 29.5 Å². The normalized spacial score (nSPS) is 12.7. The van der Waals surface area contributed by atoms with Gasteiger partial charge in [-0.25, -0.2) is 4.79 Å². The van der Waals surface area contributed by atoms with Gasteiger partial charge in [0.25, 0.3) is 0 Å². The van der Waals surface area contributed by atoms with Crippen molar-refractivity contribution in [3.05, 3.63) is 53.1 Å². The lowest BCUT2D eigenvalue weighted by molar-refractivity contribution is -0.172. The minimum absolute atomic E-state index is 0.324. The lowest BCUT2D eigenvalue weighted by Crippen LogP contribution is -2.19. The molecule has 0 radical (unpaired) electrons. The molecule has 0 saturated carbocycles. The molecule has 96 valence electrons. The van der Waals surface area contributed by atoms with E-state index in [1.165, 1.54) is 5.06 Å². The number of allylic oxidation sites excluding steroid dienone is 2. The molecule has 0 unspecified atom stereocenters. The lowest BCUT2D eigenvalue weighted by Gasteiger charge is -2.10. The molecule has 1 aromatic carbocycles. The number of hydrogen-bond acceptors (Lipinski definition) is 3. The van der Waals surface area contributed by atoms with Gasteiger partial charge in [-0.15, -0.1) is 5.06 Å². The molecular formula is C15H19NO2. The highest BCUT2D eigenvalue weighted by Crippen LogP contribution is 2.10. The molecule has 0 heterocycles. The molecule has 0 atom stereocenters. The standard InChI is InChI=1S/C15H19NO2/c1-12(13(2)15(17)18-16(3)4)10-11-14-8-6-5-7-9-14/h5-11H,1-4H3. The van der Waals surface area contributed by atoms with E-state index in [-0.39, 0.29) is 5.97 Å². The molecule has 0 fully saturated rings. The maximum atomic E-state index is 11.7. The first-order valence-corrected chi connectivity index (χ1v) is 5.81. The summed E-state index contributed by atoms with van der Waals surface area (Å²) in [5.41, 5.74) is 2.60. The molecule has 3 heteroatoms. The van der Waals surface area contributed by atoms with Crippen molar-refractivity contribution in [2.75, 3.05) is 14.1 Å². The molecule has 0 aliphatic rings. The summed E-state index contributed by atoms with van der Waals surface area (Å²) in [5.74, 6) is -0.324. The van der Waals surface area contributed by atoms with Crippen LogP contribution in [0.25, 0.3) is 6.08 Å². The van der Waals surface area contributed by atoms with Crippen LogP contribution >= 0.6 is 0 Å². The maximum Gasteiger partial charge on any atom is 0.352 e. The Hall–Kier alpha value is -1.87. The Balaban J connectivity index is 2.77. The Kier molecular flexibility index (Phi) is 5.33. The largest absolute Gasteiger partial charge is 0.365 e. The first kappa shape index (κ1) is 14.2. The fourth-order valence-electron chi connectivity index (χ4n) is 1.31. The molecule has 18 heavy (non-hydrogen) atoms. The highest BCUT2D eigenvalue weighted by molar-refractivity contribution is 5.89. The van der Waals surface area contributed by atoms with Gasteiger partial charge >= 0.3 is 5.97 Å². The number of carbonyl (C=O) groups is 1. The van der Waals surface area contributed by atoms with Crippen LogP contribution in [0.4, 0.5) is 0 Å². The van der Waals surface area contributed by atoms with Gasteiger partial charge in [-0.05, 0) is 25.0 Å². The summed E-state index contributed by atoms with van der Waals surface area (Å²) in [5, 5.41) is 1.39. The summed E-state index contributed by atoms with van der Waals surface area (Å²) < 4.78 is 0. The second-order valence-corrected chi connectivity index (χ2v) is 4.24. The summed E-state index contributed by atoms with van der Waals surface area (Å²) in [4.78, 5) is 16.6. The van der Waals surface area contributed by atoms with E-state index < -0.39 is 0 Å². The first-order chi connectivity index (χ1) is 8.50. The Morgan fingerprint density at radius 2 is 1.78 bits per heavy atom. The van der Waals surface area contributed by atoms with E-state index in [4.69, 9.17) is 4.84 Å². The van der Waals surface area contributed by atoms with E-state index in [1.54, 1.807) is 21.0 Å². The number of carbonyl (C=O) groups excluding carboxylic acids is 1. The Bertz CT molecular complexity index is 459. The smallest absolute Gasteiger partial charge is 0.352 e. The highest BCUT2D eigenvalue weighted by atomic mass is 16.7. The maximum absolute atomic E-state index is 11.7. The predicted molar refractivity (Wildman–Crippen MR) is 73.6 cm³/mol. The summed E-state index contributed by atoms with van der Waals surface area (Å²) >= 11 is 0. The number of benzene rings is 1. The van der Waals surface area contributed by atoms with Crippen LogP contribution in [0.1, 0.15) is 19.4 Å². The Morgan fingerprint density at radius 3 is 2.33 bits per heavy atom. The lowest BCUT2D eigenvalue weighted by atomic mass is 10.1. The van der Waals surface area contributed by atoms with Crippen LogP contribution in [0.2, 0.25) is 0 Å². The molecule has 0 spiro atoms. The minimum atomic E-state index is -0.324. The van der Waals surface area contributed by atoms with Crippen molar-refractivity contribution < 1.29 is 9.63 Å². The molecular weight excluding hydrogens is 226 g/mol. The molecule has 0 aliphatic heterocycles. The van der Waals surface area contributed by atoms with E-state index >= 15 is 0 Å². The molecule has 0 N–H and O–H groups in total. The number of nitrogens with zero attached hydrogens (tertiary/aromatic N) is 1. The van der Waals surface area contributed by atoms with Crippen molar-refractivity contribution in [3.63, 3.8) is 0 Å². The van der Waals surface area contributed by atoms with Crippen molar-refractivity contribution in [2.45, 2.75) is 13.8 Å². The minimum Gasteiger partial charge on any atom is -0.365 e. The third-order valence-corrected chi connectivity index (χ3v) is 2.49. The second kappa shape index (κ2) is 6.77. The molecule has 3 nitrogen and oxygen atoms in total. The number of hydrogen-bond donors (Lipinski definition) is 0. The summed E-state index contributed by atoms with van der Waals surface area (Å²) in [6, 6.07) is 9.95. The van der Waals surface area contributed by atoms with Gasteiger partial charge in [0.15, 0.2) is 0 Å². The second-order valence-electron chi connectivity index (χ2n) is 4.24. The number of rotatable bonds is 4. The van der Waals surface area contributed by atoms with Gasteiger partial charge in [0.05, 0.1) is 0 Å². The zero-order valence-corrected chi connectivity index (χ0v) is 11.3. The van der Waals surface area contributed by atoms with Gasteiger partial charge in [0.1, 0.15) is 0 Å². The SMILES string of the molecule is CC(C=Cc1ccccc1)=C(C)C(=O)ON(C)C. The van der Waals surface area contributed by atoms with Gasteiger partial charge in [-0.1, -0.05) is 42.5 Å². The van der Waals surface area contributed by atoms with E-state index in [1.807, 2.05) is 49.4 Å². The summed E-state index contributed by atoms with van der Waals surface area (Å²) in [6.07, 6.45) is 3.89. The molecule has 1 rings (SSSR count). The average Bonchev–Trinajstić information content (AvgIpc) is 2.35. The fourth-order valence-corrected chi connectivity index (χ4v) is 1.31. The van der Waals surface area contributed by atoms with Crippen molar-refractivity contribution in [1.29, 1.82) is 0 Å². The van der Waals surface area contributed by atoms with Gasteiger partial charge in [-0.2, -0.15) is 0 Å². The quantitative estimate of drug-likeness (QED) is 0.464. The van der Waals surface area contributed by atoms with Gasteiger partial charge in [0, 0.05) is 19.7 Å². The van der Waals surface area contributed by atoms with Crippen LogP contribution in [0.5, 0.6) is 0 Å². The third-order valence-electron chi connectivity index (χ3n) is 2.49. The van der Waals surface area contributed by atoms with Crippen molar-refractivity contribution in [1.82, 2.24) is 5.06 Å². The number of hydroxylamine groups is 2. The molecule has 1 aromatic rings. The van der Waals surface area contributed by atoms with Crippen molar-refractivity contribution >= 4 is 12.0 Å². The van der Waals surface area contributed by atoms with Crippen molar-refractivity contribution in [3.8, 4) is 0 Å². The average molecular weight is 245 g/mol. The van der Waals surface area contributed by atoms with E-state index in [2.05, 4.69) is 0 Å². The third kappa shape index (κ3) is 4.55. The van der Waals surface area contributed by atoms with Gasteiger partial charge < -0.3 is 4.84 Å². The van der Waals surface area contributed by atoms with Gasteiger partial charge in [0.2, 0.25) is 0 Å². The Morgan fingerprint density at radius 1 is 1.17 bits per heavy atom. The molecule has 0 saturated heterocycles. The fraction of sp³-hybridized carbons (Fsp3) is 0.267. The van der Waals surface area contributed by atoms with Crippen LogP contribution in [-0.2, 0) is 9.63 Å². The van der Waals surface area contributed by atoms with Crippen LogP contribution in [0.15, 0.2) is 47.6 Å². The van der Waals surface area contributed by atoms with E-state index in [0.29, 0.717) is 5.57 Å².